The van der Waals surface area contributed by atoms with Gasteiger partial charge in [-0.05, 0) is 12.0 Å². The highest BCUT2D eigenvalue weighted by Crippen LogP contribution is 2.20. The molecule has 0 fully saturated rings. The predicted molar refractivity (Wildman–Crippen MR) is 54.6 cm³/mol. The smallest absolute Gasteiger partial charge is 0.0829 e. The molecule has 0 aromatic heterocycles. The van der Waals surface area contributed by atoms with Gasteiger partial charge in [0, 0.05) is 12.4 Å². The molecule has 1 nitrogen and oxygen atoms in total. The standard InChI is InChI=1S/C10H13BrO/c1-12-10(7-8-11)9-5-3-2-4-6-9/h2-6,10H,7-8H2,1H3. The van der Waals surface area contributed by atoms with Crippen molar-refractivity contribution >= 4 is 15.9 Å². The maximum absolute atomic E-state index is 5.35. The molecule has 0 aliphatic rings. The fourth-order valence-electron chi connectivity index (χ4n) is 1.19. The molecule has 1 aromatic carbocycles. The second kappa shape index (κ2) is 5.33. The van der Waals surface area contributed by atoms with Crippen molar-refractivity contribution in [1.29, 1.82) is 0 Å². The van der Waals surface area contributed by atoms with E-state index in [9.17, 15) is 0 Å². The van der Waals surface area contributed by atoms with Crippen LogP contribution in [0.3, 0.4) is 0 Å². The fourth-order valence-corrected chi connectivity index (χ4v) is 1.60. The number of hydrogen-bond acceptors (Lipinski definition) is 1. The molecular formula is C10H13BrO. The largest absolute Gasteiger partial charge is 0.377 e. The van der Waals surface area contributed by atoms with Crippen molar-refractivity contribution in [2.75, 3.05) is 12.4 Å². The second-order valence-corrected chi connectivity index (χ2v) is 3.41. The third-order valence-corrected chi connectivity index (χ3v) is 2.29. The van der Waals surface area contributed by atoms with Crippen LogP contribution in [0.1, 0.15) is 18.1 Å². The van der Waals surface area contributed by atoms with E-state index in [0.29, 0.717) is 0 Å². The average molecular weight is 229 g/mol. The highest BCUT2D eigenvalue weighted by atomic mass is 79.9. The Morgan fingerprint density at radius 1 is 1.33 bits per heavy atom. The lowest BCUT2D eigenvalue weighted by molar-refractivity contribution is 0.101. The first-order valence-corrected chi connectivity index (χ1v) is 5.14. The SMILES string of the molecule is COC(CCBr)c1ccccc1. The van der Waals surface area contributed by atoms with Gasteiger partial charge in [0.15, 0.2) is 0 Å². The van der Waals surface area contributed by atoms with Crippen molar-refractivity contribution in [2.24, 2.45) is 0 Å². The van der Waals surface area contributed by atoms with Crippen LogP contribution in [0.25, 0.3) is 0 Å². The first kappa shape index (κ1) is 9.75. The molecule has 0 aliphatic carbocycles. The van der Waals surface area contributed by atoms with Crippen molar-refractivity contribution in [3.05, 3.63) is 35.9 Å². The van der Waals surface area contributed by atoms with E-state index >= 15 is 0 Å². The molecule has 1 rings (SSSR count). The molecule has 2 heteroatoms. The van der Waals surface area contributed by atoms with Crippen LogP contribution in [0.15, 0.2) is 30.3 Å². The number of ether oxygens (including phenoxy) is 1. The predicted octanol–water partition coefficient (Wildman–Crippen LogP) is 3.16. The molecule has 0 saturated carbocycles. The van der Waals surface area contributed by atoms with E-state index < -0.39 is 0 Å². The van der Waals surface area contributed by atoms with E-state index in [4.69, 9.17) is 4.74 Å². The maximum atomic E-state index is 5.35. The Kier molecular flexibility index (Phi) is 4.33. The van der Waals surface area contributed by atoms with Gasteiger partial charge in [0.1, 0.15) is 0 Å². The Bertz CT molecular complexity index is 210. The van der Waals surface area contributed by atoms with Crippen molar-refractivity contribution in [3.63, 3.8) is 0 Å². The summed E-state index contributed by atoms with van der Waals surface area (Å²) in [5.41, 5.74) is 1.25. The summed E-state index contributed by atoms with van der Waals surface area (Å²) in [5, 5.41) is 0.973. The summed E-state index contributed by atoms with van der Waals surface area (Å²) in [6.45, 7) is 0. The summed E-state index contributed by atoms with van der Waals surface area (Å²) in [6, 6.07) is 10.3. The zero-order valence-electron chi connectivity index (χ0n) is 7.16. The minimum atomic E-state index is 0.227. The lowest BCUT2D eigenvalue weighted by Crippen LogP contribution is -2.01. The van der Waals surface area contributed by atoms with Crippen LogP contribution in [0.4, 0.5) is 0 Å². The Morgan fingerprint density at radius 3 is 2.50 bits per heavy atom. The molecule has 1 aromatic rings. The lowest BCUT2D eigenvalue weighted by Gasteiger charge is -2.13. The first-order chi connectivity index (χ1) is 5.88. The minimum Gasteiger partial charge on any atom is -0.377 e. The van der Waals surface area contributed by atoms with E-state index in [1.807, 2.05) is 18.2 Å². The molecular weight excluding hydrogens is 216 g/mol. The average Bonchev–Trinajstić information content (AvgIpc) is 2.15. The summed E-state index contributed by atoms with van der Waals surface area (Å²) in [5.74, 6) is 0. The summed E-state index contributed by atoms with van der Waals surface area (Å²) in [6.07, 6.45) is 1.24. The summed E-state index contributed by atoms with van der Waals surface area (Å²) >= 11 is 3.41. The van der Waals surface area contributed by atoms with Gasteiger partial charge in [-0.2, -0.15) is 0 Å². The van der Waals surface area contributed by atoms with E-state index in [0.717, 1.165) is 11.8 Å². The molecule has 0 aliphatic heterocycles. The van der Waals surface area contributed by atoms with Gasteiger partial charge >= 0.3 is 0 Å². The van der Waals surface area contributed by atoms with Crippen molar-refractivity contribution in [1.82, 2.24) is 0 Å². The second-order valence-electron chi connectivity index (χ2n) is 2.61. The van der Waals surface area contributed by atoms with E-state index in [1.54, 1.807) is 7.11 Å². The number of benzene rings is 1. The van der Waals surface area contributed by atoms with E-state index in [1.165, 1.54) is 5.56 Å². The molecule has 0 amide bonds. The van der Waals surface area contributed by atoms with Gasteiger partial charge in [-0.3, -0.25) is 0 Å². The molecule has 0 bridgehead atoms. The first-order valence-electron chi connectivity index (χ1n) is 4.02. The van der Waals surface area contributed by atoms with Gasteiger partial charge in [0.05, 0.1) is 6.10 Å². The van der Waals surface area contributed by atoms with Gasteiger partial charge in [0.2, 0.25) is 0 Å². The van der Waals surface area contributed by atoms with Crippen LogP contribution in [0.2, 0.25) is 0 Å². The molecule has 12 heavy (non-hydrogen) atoms. The maximum Gasteiger partial charge on any atom is 0.0829 e. The van der Waals surface area contributed by atoms with Gasteiger partial charge in [-0.1, -0.05) is 46.3 Å². The zero-order chi connectivity index (χ0) is 8.81. The van der Waals surface area contributed by atoms with Crippen LogP contribution >= 0.6 is 15.9 Å². The van der Waals surface area contributed by atoms with Gasteiger partial charge < -0.3 is 4.74 Å². The lowest BCUT2D eigenvalue weighted by atomic mass is 10.1. The molecule has 0 saturated heterocycles. The molecule has 66 valence electrons. The fraction of sp³-hybridized carbons (Fsp3) is 0.400. The van der Waals surface area contributed by atoms with Crippen LogP contribution in [-0.2, 0) is 4.74 Å². The topological polar surface area (TPSA) is 9.23 Å². The minimum absolute atomic E-state index is 0.227. The third kappa shape index (κ3) is 2.61. The third-order valence-electron chi connectivity index (χ3n) is 1.83. The normalized spacial score (nSPS) is 12.8. The van der Waals surface area contributed by atoms with E-state index in [2.05, 4.69) is 28.1 Å². The monoisotopic (exact) mass is 228 g/mol. The molecule has 1 atom stereocenters. The van der Waals surface area contributed by atoms with Crippen molar-refractivity contribution < 1.29 is 4.74 Å². The highest BCUT2D eigenvalue weighted by molar-refractivity contribution is 9.09. The quantitative estimate of drug-likeness (QED) is 0.720. The van der Waals surface area contributed by atoms with Crippen LogP contribution < -0.4 is 0 Å². The van der Waals surface area contributed by atoms with E-state index in [-0.39, 0.29) is 6.10 Å². The Morgan fingerprint density at radius 2 is 2.00 bits per heavy atom. The Balaban J connectivity index is 2.66. The summed E-state index contributed by atoms with van der Waals surface area (Å²) in [7, 11) is 1.75. The van der Waals surface area contributed by atoms with Crippen molar-refractivity contribution in [2.45, 2.75) is 12.5 Å². The molecule has 0 radical (unpaired) electrons. The Labute approximate surface area is 81.9 Å². The number of halogens is 1. The Hall–Kier alpha value is -0.340. The molecule has 1 unspecified atom stereocenters. The van der Waals surface area contributed by atoms with Crippen molar-refractivity contribution in [3.8, 4) is 0 Å². The number of methoxy groups -OCH3 is 1. The van der Waals surface area contributed by atoms with Gasteiger partial charge in [-0.25, -0.2) is 0 Å². The number of rotatable bonds is 4. The van der Waals surface area contributed by atoms with Gasteiger partial charge in [0.25, 0.3) is 0 Å². The molecule has 0 spiro atoms. The summed E-state index contributed by atoms with van der Waals surface area (Å²) in [4.78, 5) is 0. The van der Waals surface area contributed by atoms with Crippen LogP contribution in [0, 0.1) is 0 Å². The summed E-state index contributed by atoms with van der Waals surface area (Å²) < 4.78 is 5.35. The molecule has 0 N–H and O–H groups in total. The van der Waals surface area contributed by atoms with Gasteiger partial charge in [-0.15, -0.1) is 0 Å². The number of alkyl halides is 1. The highest BCUT2D eigenvalue weighted by Gasteiger charge is 2.07. The molecule has 0 heterocycles. The van der Waals surface area contributed by atoms with Crippen LogP contribution in [0.5, 0.6) is 0 Å². The zero-order valence-corrected chi connectivity index (χ0v) is 8.75. The van der Waals surface area contributed by atoms with Crippen LogP contribution in [-0.4, -0.2) is 12.4 Å². The number of hydrogen-bond donors (Lipinski definition) is 0.